The van der Waals surface area contributed by atoms with Crippen molar-refractivity contribution in [3.63, 3.8) is 0 Å². The molecule has 11 heavy (non-hydrogen) atoms. The van der Waals surface area contributed by atoms with E-state index in [-0.39, 0.29) is 6.10 Å². The van der Waals surface area contributed by atoms with Gasteiger partial charge < -0.3 is 4.74 Å². The molecule has 1 fully saturated rings. The van der Waals surface area contributed by atoms with E-state index in [1.54, 1.807) is 0 Å². The van der Waals surface area contributed by atoms with E-state index >= 15 is 0 Å². The Morgan fingerprint density at radius 2 is 2.09 bits per heavy atom. The van der Waals surface area contributed by atoms with Crippen LogP contribution in [0.3, 0.4) is 0 Å². The van der Waals surface area contributed by atoms with Crippen molar-refractivity contribution >= 4 is 17.0 Å². The summed E-state index contributed by atoms with van der Waals surface area (Å²) in [6.45, 7) is 2.10. The predicted octanol–water partition coefficient (Wildman–Crippen LogP) is 2.94. The third kappa shape index (κ3) is 2.70. The maximum atomic E-state index is 10.4. The molecule has 2 atom stereocenters. The lowest BCUT2D eigenvalue weighted by molar-refractivity contribution is 0.0597. The second-order valence-electron chi connectivity index (χ2n) is 3.16. The first kappa shape index (κ1) is 8.85. The van der Waals surface area contributed by atoms with E-state index in [4.69, 9.17) is 16.3 Å². The fourth-order valence-electron chi connectivity index (χ4n) is 1.58. The molecule has 1 saturated carbocycles. The summed E-state index contributed by atoms with van der Waals surface area (Å²) in [4.78, 5) is 10.4. The molecular weight excluding hydrogens is 164 g/mol. The minimum absolute atomic E-state index is 0.0637. The summed E-state index contributed by atoms with van der Waals surface area (Å²) in [6, 6.07) is 0. The van der Waals surface area contributed by atoms with Gasteiger partial charge in [-0.3, -0.25) is 0 Å². The molecule has 1 rings (SSSR count). The Morgan fingerprint density at radius 3 is 2.64 bits per heavy atom. The van der Waals surface area contributed by atoms with Crippen molar-refractivity contribution in [2.24, 2.45) is 5.92 Å². The van der Waals surface area contributed by atoms with E-state index in [9.17, 15) is 4.79 Å². The van der Waals surface area contributed by atoms with Crippen molar-refractivity contribution in [1.29, 1.82) is 0 Å². The topological polar surface area (TPSA) is 26.3 Å². The van der Waals surface area contributed by atoms with Gasteiger partial charge in [0, 0.05) is 11.6 Å². The largest absolute Gasteiger partial charge is 0.450 e. The number of carbonyl (C=O) groups is 1. The lowest BCUT2D eigenvalue weighted by atomic mass is 9.88. The van der Waals surface area contributed by atoms with Crippen molar-refractivity contribution in [2.75, 3.05) is 0 Å². The quantitative estimate of drug-likeness (QED) is 0.575. The Balaban J connectivity index is 2.35. The fourth-order valence-corrected chi connectivity index (χ4v) is 1.69. The highest BCUT2D eigenvalue weighted by Crippen LogP contribution is 2.26. The summed E-state index contributed by atoms with van der Waals surface area (Å²) >= 11 is 5.12. The molecule has 1 aliphatic rings. The van der Waals surface area contributed by atoms with Crippen molar-refractivity contribution < 1.29 is 9.53 Å². The van der Waals surface area contributed by atoms with Gasteiger partial charge in [0.25, 0.3) is 0 Å². The van der Waals surface area contributed by atoms with Crippen LogP contribution < -0.4 is 0 Å². The predicted molar refractivity (Wildman–Crippen MR) is 43.8 cm³/mol. The lowest BCUT2D eigenvalue weighted by Gasteiger charge is -2.27. The average Bonchev–Trinajstić information content (AvgIpc) is 1.93. The third-order valence-corrected chi connectivity index (χ3v) is 2.37. The van der Waals surface area contributed by atoms with Crippen LogP contribution in [0.1, 0.15) is 32.6 Å². The Hall–Kier alpha value is -0.240. The van der Waals surface area contributed by atoms with Crippen LogP contribution in [-0.2, 0) is 4.74 Å². The van der Waals surface area contributed by atoms with Gasteiger partial charge in [-0.2, -0.15) is 0 Å². The molecule has 0 saturated heterocycles. The maximum Gasteiger partial charge on any atom is 0.404 e. The first-order valence-corrected chi connectivity index (χ1v) is 4.44. The molecular formula is C8H13ClO2. The Kier molecular flexibility index (Phi) is 3.18. The number of hydrogen-bond donors (Lipinski definition) is 0. The van der Waals surface area contributed by atoms with Crippen LogP contribution in [0.5, 0.6) is 0 Å². The molecule has 1 aliphatic carbocycles. The van der Waals surface area contributed by atoms with Gasteiger partial charge in [0.05, 0.1) is 0 Å². The summed E-state index contributed by atoms with van der Waals surface area (Å²) in [5, 5.41) is 0. The van der Waals surface area contributed by atoms with Crippen LogP contribution >= 0.6 is 11.6 Å². The van der Waals surface area contributed by atoms with Gasteiger partial charge in [0.1, 0.15) is 6.10 Å². The molecule has 0 unspecified atom stereocenters. The first-order valence-electron chi connectivity index (χ1n) is 4.06. The highest BCUT2D eigenvalue weighted by molar-refractivity contribution is 6.61. The molecule has 0 bridgehead atoms. The number of hydrogen-bond acceptors (Lipinski definition) is 2. The van der Waals surface area contributed by atoms with Gasteiger partial charge in [0.2, 0.25) is 0 Å². The van der Waals surface area contributed by atoms with Crippen LogP contribution in [0.4, 0.5) is 4.79 Å². The maximum absolute atomic E-state index is 10.4. The van der Waals surface area contributed by atoms with Crippen molar-refractivity contribution in [1.82, 2.24) is 0 Å². The lowest BCUT2D eigenvalue weighted by Crippen LogP contribution is -2.26. The highest BCUT2D eigenvalue weighted by Gasteiger charge is 2.23. The first-order chi connectivity index (χ1) is 5.20. The summed E-state index contributed by atoms with van der Waals surface area (Å²) in [5.74, 6) is 0.478. The Morgan fingerprint density at radius 1 is 1.45 bits per heavy atom. The van der Waals surface area contributed by atoms with Gasteiger partial charge in [-0.05, 0) is 25.2 Å². The molecule has 3 heteroatoms. The van der Waals surface area contributed by atoms with Crippen molar-refractivity contribution in [2.45, 2.75) is 38.7 Å². The zero-order valence-corrected chi connectivity index (χ0v) is 7.43. The van der Waals surface area contributed by atoms with E-state index in [2.05, 4.69) is 6.92 Å². The highest BCUT2D eigenvalue weighted by atomic mass is 35.5. The molecule has 0 amide bonds. The number of carbonyl (C=O) groups excluding carboxylic acids is 1. The van der Waals surface area contributed by atoms with Crippen molar-refractivity contribution in [3.05, 3.63) is 0 Å². The summed E-state index contributed by atoms with van der Waals surface area (Å²) < 4.78 is 4.93. The smallest absolute Gasteiger partial charge is 0.404 e. The van der Waals surface area contributed by atoms with Gasteiger partial charge >= 0.3 is 5.43 Å². The minimum Gasteiger partial charge on any atom is -0.450 e. The van der Waals surface area contributed by atoms with Gasteiger partial charge in [-0.25, -0.2) is 4.79 Å². The molecule has 0 heterocycles. The average molecular weight is 177 g/mol. The SMILES string of the molecule is C[C@H]1CCCC[C@H]1OC(=O)Cl. The van der Waals surface area contributed by atoms with Gasteiger partial charge in [0.15, 0.2) is 0 Å². The molecule has 0 spiro atoms. The molecule has 0 N–H and O–H groups in total. The van der Waals surface area contributed by atoms with Crippen LogP contribution in [0.25, 0.3) is 0 Å². The summed E-state index contributed by atoms with van der Waals surface area (Å²) in [6.07, 6.45) is 4.58. The molecule has 0 aromatic carbocycles. The second kappa shape index (κ2) is 3.96. The Labute approximate surface area is 71.9 Å². The molecule has 64 valence electrons. The number of rotatable bonds is 1. The third-order valence-electron chi connectivity index (χ3n) is 2.28. The van der Waals surface area contributed by atoms with E-state index in [0.29, 0.717) is 5.92 Å². The van der Waals surface area contributed by atoms with Crippen LogP contribution in [0, 0.1) is 5.92 Å². The minimum atomic E-state index is -0.663. The van der Waals surface area contributed by atoms with Crippen LogP contribution in [-0.4, -0.2) is 11.5 Å². The standard InChI is InChI=1S/C8H13ClO2/c1-6-4-2-3-5-7(6)11-8(9)10/h6-7H,2-5H2,1H3/t6-,7+/m0/s1. The summed E-state index contributed by atoms with van der Waals surface area (Å²) in [7, 11) is 0. The summed E-state index contributed by atoms with van der Waals surface area (Å²) in [5.41, 5.74) is -0.663. The molecule has 0 aliphatic heterocycles. The van der Waals surface area contributed by atoms with Crippen molar-refractivity contribution in [3.8, 4) is 0 Å². The number of halogens is 1. The fraction of sp³-hybridized carbons (Fsp3) is 0.875. The molecule has 2 nitrogen and oxygen atoms in total. The van der Waals surface area contributed by atoms with Gasteiger partial charge in [-0.15, -0.1) is 0 Å². The zero-order chi connectivity index (χ0) is 8.27. The monoisotopic (exact) mass is 176 g/mol. The van der Waals surface area contributed by atoms with E-state index in [1.807, 2.05) is 0 Å². The van der Waals surface area contributed by atoms with Crippen LogP contribution in [0.15, 0.2) is 0 Å². The van der Waals surface area contributed by atoms with E-state index < -0.39 is 5.43 Å². The second-order valence-corrected chi connectivity index (χ2v) is 3.46. The van der Waals surface area contributed by atoms with Gasteiger partial charge in [-0.1, -0.05) is 13.3 Å². The molecule has 0 aromatic rings. The normalized spacial score (nSPS) is 31.5. The van der Waals surface area contributed by atoms with Crippen LogP contribution in [0.2, 0.25) is 0 Å². The molecule has 0 aromatic heterocycles. The van der Waals surface area contributed by atoms with E-state index in [0.717, 1.165) is 19.3 Å². The zero-order valence-electron chi connectivity index (χ0n) is 6.68. The number of ether oxygens (including phenoxy) is 1. The Bertz CT molecular complexity index is 147. The van der Waals surface area contributed by atoms with E-state index in [1.165, 1.54) is 6.42 Å². The molecule has 0 radical (unpaired) electrons.